The Morgan fingerprint density at radius 3 is 2.29 bits per heavy atom. The second-order valence-corrected chi connectivity index (χ2v) is 5.66. The fourth-order valence-corrected chi connectivity index (χ4v) is 2.75. The first-order chi connectivity index (χ1) is 9.82. The molecule has 2 rings (SSSR count). The molecule has 6 heteroatoms. The molecule has 0 fully saturated rings. The predicted octanol–water partition coefficient (Wildman–Crippen LogP) is 5.48. The van der Waals surface area contributed by atoms with Crippen LogP contribution in [-0.4, -0.2) is 4.98 Å². The van der Waals surface area contributed by atoms with Crippen LogP contribution >= 0.6 is 15.9 Å². The van der Waals surface area contributed by atoms with Crippen molar-refractivity contribution in [3.05, 3.63) is 65.2 Å². The number of halogens is 5. The van der Waals surface area contributed by atoms with Crippen LogP contribution in [0.15, 0.2) is 42.7 Å². The molecule has 0 saturated heterocycles. The lowest BCUT2D eigenvalue weighted by Crippen LogP contribution is -2.12. The minimum atomic E-state index is -4.70. The molecule has 0 bridgehead atoms. The van der Waals surface area contributed by atoms with E-state index >= 15 is 0 Å². The van der Waals surface area contributed by atoms with Crippen molar-refractivity contribution in [2.45, 2.75) is 23.8 Å². The number of rotatable bonds is 3. The van der Waals surface area contributed by atoms with E-state index in [1.807, 2.05) is 6.92 Å². The van der Waals surface area contributed by atoms with E-state index in [0.29, 0.717) is 0 Å². The average molecular weight is 362 g/mol. The van der Waals surface area contributed by atoms with Crippen LogP contribution in [0, 0.1) is 5.82 Å². The van der Waals surface area contributed by atoms with Gasteiger partial charge in [0.05, 0.1) is 5.56 Å². The number of hydrogen-bond acceptors (Lipinski definition) is 1. The van der Waals surface area contributed by atoms with Gasteiger partial charge in [-0.25, -0.2) is 4.39 Å². The Balaban J connectivity index is 2.38. The second kappa shape index (κ2) is 6.13. The van der Waals surface area contributed by atoms with E-state index in [1.165, 1.54) is 12.1 Å². The highest BCUT2D eigenvalue weighted by molar-refractivity contribution is 9.09. The number of alkyl halides is 4. The smallest absolute Gasteiger partial charge is 0.265 e. The van der Waals surface area contributed by atoms with Crippen molar-refractivity contribution < 1.29 is 17.6 Å². The van der Waals surface area contributed by atoms with Gasteiger partial charge >= 0.3 is 6.18 Å². The van der Waals surface area contributed by atoms with Crippen LogP contribution in [0.5, 0.6) is 0 Å². The van der Waals surface area contributed by atoms with Gasteiger partial charge in [-0.05, 0) is 29.7 Å². The SMILES string of the molecule is CC(c1ccncc1)C(Br)c1cccc(C(F)(F)F)c1F. The number of pyridine rings is 1. The Kier molecular flexibility index (Phi) is 4.66. The van der Waals surface area contributed by atoms with Crippen molar-refractivity contribution in [3.8, 4) is 0 Å². The van der Waals surface area contributed by atoms with Gasteiger partial charge in [0.1, 0.15) is 5.82 Å². The summed E-state index contributed by atoms with van der Waals surface area (Å²) in [4.78, 5) is 3.32. The molecule has 0 aliphatic rings. The van der Waals surface area contributed by atoms with Gasteiger partial charge in [-0.2, -0.15) is 13.2 Å². The summed E-state index contributed by atoms with van der Waals surface area (Å²) >= 11 is 3.31. The van der Waals surface area contributed by atoms with E-state index in [0.717, 1.165) is 11.6 Å². The molecule has 0 aliphatic carbocycles. The van der Waals surface area contributed by atoms with Crippen LogP contribution in [0.2, 0.25) is 0 Å². The van der Waals surface area contributed by atoms with Crippen molar-refractivity contribution in [3.63, 3.8) is 0 Å². The largest absolute Gasteiger partial charge is 0.419 e. The van der Waals surface area contributed by atoms with Crippen molar-refractivity contribution in [2.75, 3.05) is 0 Å². The van der Waals surface area contributed by atoms with Gasteiger partial charge in [-0.1, -0.05) is 35.0 Å². The van der Waals surface area contributed by atoms with Crippen molar-refractivity contribution >= 4 is 15.9 Å². The Morgan fingerprint density at radius 2 is 1.71 bits per heavy atom. The molecule has 1 aromatic heterocycles. The summed E-state index contributed by atoms with van der Waals surface area (Å²) < 4.78 is 52.4. The Hall–Kier alpha value is -1.43. The standard InChI is InChI=1S/C15H12BrF4N/c1-9(10-5-7-21-8-6-10)13(16)11-3-2-4-12(14(11)17)15(18,19)20/h2-9,13H,1H3. The molecule has 2 aromatic rings. The number of nitrogens with zero attached hydrogens (tertiary/aromatic N) is 1. The molecule has 1 aromatic carbocycles. The van der Waals surface area contributed by atoms with Gasteiger partial charge in [0.2, 0.25) is 0 Å². The molecule has 0 radical (unpaired) electrons. The van der Waals surface area contributed by atoms with E-state index < -0.39 is 22.4 Å². The first-order valence-corrected chi connectivity index (χ1v) is 7.13. The third-order valence-electron chi connectivity index (χ3n) is 3.30. The molecule has 1 nitrogen and oxygen atoms in total. The molecular formula is C15H12BrF4N. The summed E-state index contributed by atoms with van der Waals surface area (Å²) in [6.45, 7) is 1.81. The monoisotopic (exact) mass is 361 g/mol. The van der Waals surface area contributed by atoms with Crippen LogP contribution in [0.4, 0.5) is 17.6 Å². The summed E-state index contributed by atoms with van der Waals surface area (Å²) in [7, 11) is 0. The molecule has 2 unspecified atom stereocenters. The molecule has 1 heterocycles. The van der Waals surface area contributed by atoms with Crippen LogP contribution in [0.3, 0.4) is 0 Å². The molecule has 0 aliphatic heterocycles. The fraction of sp³-hybridized carbons (Fsp3) is 0.267. The van der Waals surface area contributed by atoms with Crippen molar-refractivity contribution in [2.24, 2.45) is 0 Å². The maximum atomic E-state index is 14.1. The highest BCUT2D eigenvalue weighted by atomic mass is 79.9. The maximum Gasteiger partial charge on any atom is 0.419 e. The number of aromatic nitrogens is 1. The lowest BCUT2D eigenvalue weighted by atomic mass is 9.93. The summed E-state index contributed by atoms with van der Waals surface area (Å²) in [5.74, 6) is -1.43. The number of benzene rings is 1. The minimum Gasteiger partial charge on any atom is -0.265 e. The van der Waals surface area contributed by atoms with E-state index in [-0.39, 0.29) is 11.5 Å². The topological polar surface area (TPSA) is 12.9 Å². The Labute approximate surface area is 128 Å². The zero-order chi connectivity index (χ0) is 15.6. The first kappa shape index (κ1) is 15.9. The fourth-order valence-electron chi connectivity index (χ4n) is 2.09. The minimum absolute atomic E-state index is 0.00543. The molecule has 112 valence electrons. The van der Waals surface area contributed by atoms with E-state index in [4.69, 9.17) is 0 Å². The zero-order valence-corrected chi connectivity index (χ0v) is 12.6. The predicted molar refractivity (Wildman–Crippen MR) is 75.7 cm³/mol. The molecule has 0 amide bonds. The van der Waals surface area contributed by atoms with Crippen LogP contribution in [0.1, 0.15) is 34.4 Å². The zero-order valence-electron chi connectivity index (χ0n) is 11.0. The molecule has 21 heavy (non-hydrogen) atoms. The Morgan fingerprint density at radius 1 is 1.10 bits per heavy atom. The normalized spacial score (nSPS) is 14.8. The van der Waals surface area contributed by atoms with Gasteiger partial charge in [0.25, 0.3) is 0 Å². The van der Waals surface area contributed by atoms with Gasteiger partial charge in [-0.3, -0.25) is 4.98 Å². The Bertz CT molecular complexity index is 613. The summed E-state index contributed by atoms with van der Waals surface area (Å²) in [6.07, 6.45) is -1.52. The summed E-state index contributed by atoms with van der Waals surface area (Å²) in [5.41, 5.74) is -0.385. The van der Waals surface area contributed by atoms with E-state index in [9.17, 15) is 17.6 Å². The van der Waals surface area contributed by atoms with Gasteiger partial charge < -0.3 is 0 Å². The van der Waals surface area contributed by atoms with E-state index in [2.05, 4.69) is 20.9 Å². The number of hydrogen-bond donors (Lipinski definition) is 0. The molecular weight excluding hydrogens is 350 g/mol. The lowest BCUT2D eigenvalue weighted by Gasteiger charge is -2.21. The molecule has 2 atom stereocenters. The third-order valence-corrected chi connectivity index (χ3v) is 4.59. The van der Waals surface area contributed by atoms with Crippen LogP contribution in [-0.2, 0) is 6.18 Å². The van der Waals surface area contributed by atoms with Crippen LogP contribution < -0.4 is 0 Å². The van der Waals surface area contributed by atoms with Gasteiger partial charge in [-0.15, -0.1) is 0 Å². The second-order valence-electron chi connectivity index (χ2n) is 4.68. The quantitative estimate of drug-likeness (QED) is 0.521. The van der Waals surface area contributed by atoms with Crippen molar-refractivity contribution in [1.82, 2.24) is 4.98 Å². The highest BCUT2D eigenvalue weighted by Crippen LogP contribution is 2.41. The lowest BCUT2D eigenvalue weighted by molar-refractivity contribution is -0.140. The maximum absolute atomic E-state index is 14.1. The molecule has 0 spiro atoms. The van der Waals surface area contributed by atoms with Gasteiger partial charge in [0.15, 0.2) is 0 Å². The van der Waals surface area contributed by atoms with Crippen molar-refractivity contribution in [1.29, 1.82) is 0 Å². The van der Waals surface area contributed by atoms with Gasteiger partial charge in [0, 0.05) is 22.8 Å². The molecule has 0 saturated carbocycles. The summed E-state index contributed by atoms with van der Waals surface area (Å²) in [5, 5.41) is 0. The summed E-state index contributed by atoms with van der Waals surface area (Å²) in [6, 6.07) is 6.83. The van der Waals surface area contributed by atoms with E-state index in [1.54, 1.807) is 24.5 Å². The third kappa shape index (κ3) is 3.43. The first-order valence-electron chi connectivity index (χ1n) is 6.22. The molecule has 0 N–H and O–H groups in total. The average Bonchev–Trinajstić information content (AvgIpc) is 2.45. The highest BCUT2D eigenvalue weighted by Gasteiger charge is 2.36. The van der Waals surface area contributed by atoms with Crippen LogP contribution in [0.25, 0.3) is 0 Å².